The van der Waals surface area contributed by atoms with Crippen molar-refractivity contribution in [2.75, 3.05) is 18.1 Å². The smallest absolute Gasteiger partial charge is 0.328 e. The number of nitrogens with one attached hydrogen (secondary N) is 1. The molecule has 0 spiro atoms. The van der Waals surface area contributed by atoms with Gasteiger partial charge in [0, 0.05) is 12.1 Å². The van der Waals surface area contributed by atoms with Crippen molar-refractivity contribution >= 4 is 23.0 Å². The number of amides is 1. The summed E-state index contributed by atoms with van der Waals surface area (Å²) in [5, 5.41) is 2.87. The number of rotatable bonds is 0. The fourth-order valence-electron chi connectivity index (χ4n) is 3.88. The Labute approximate surface area is 160 Å². The molecule has 1 fully saturated rings. The van der Waals surface area contributed by atoms with Crippen molar-refractivity contribution in [3.8, 4) is 5.88 Å². The van der Waals surface area contributed by atoms with Gasteiger partial charge in [-0.1, -0.05) is 0 Å². The van der Waals surface area contributed by atoms with E-state index in [4.69, 9.17) is 9.72 Å². The maximum absolute atomic E-state index is 14.0. The number of carbonyl (C=O) groups is 1. The van der Waals surface area contributed by atoms with Crippen LogP contribution in [0.15, 0.2) is 30.7 Å². The number of halogens is 1. The van der Waals surface area contributed by atoms with Gasteiger partial charge in [-0.25, -0.2) is 28.7 Å². The van der Waals surface area contributed by atoms with E-state index in [1.54, 1.807) is 0 Å². The predicted octanol–water partition coefficient (Wildman–Crippen LogP) is 2.65. The third-order valence-corrected chi connectivity index (χ3v) is 5.19. The second-order valence-electron chi connectivity index (χ2n) is 7.19. The molecule has 0 aromatic carbocycles. The van der Waals surface area contributed by atoms with E-state index in [1.807, 2.05) is 19.1 Å². The van der Waals surface area contributed by atoms with Crippen molar-refractivity contribution in [3.05, 3.63) is 42.1 Å². The zero-order valence-electron chi connectivity index (χ0n) is 15.3. The van der Waals surface area contributed by atoms with Gasteiger partial charge >= 0.3 is 6.03 Å². The first-order valence-electron chi connectivity index (χ1n) is 9.30. The van der Waals surface area contributed by atoms with Crippen molar-refractivity contribution in [2.45, 2.75) is 31.8 Å². The highest BCUT2D eigenvalue weighted by molar-refractivity contribution is 5.87. The molecule has 2 atom stereocenters. The molecular weight excluding hydrogens is 363 g/mol. The lowest BCUT2D eigenvalue weighted by atomic mass is 10.1. The van der Waals surface area contributed by atoms with Crippen molar-refractivity contribution in [1.29, 1.82) is 0 Å². The van der Waals surface area contributed by atoms with Crippen LogP contribution in [0.25, 0.3) is 11.2 Å². The third kappa shape index (κ3) is 2.74. The maximum Gasteiger partial charge on any atom is 0.328 e. The minimum Gasteiger partial charge on any atom is -0.475 e. The van der Waals surface area contributed by atoms with Crippen LogP contribution < -0.4 is 15.0 Å². The van der Waals surface area contributed by atoms with E-state index in [9.17, 15) is 9.18 Å². The minimum absolute atomic E-state index is 0.0979. The van der Waals surface area contributed by atoms with Crippen LogP contribution in [0, 0.1) is 5.82 Å². The molecule has 0 saturated carbocycles. The summed E-state index contributed by atoms with van der Waals surface area (Å²) in [5.74, 6) is 0.703. The number of hydrogen-bond acceptors (Lipinski definition) is 6. The average molecular weight is 382 g/mol. The van der Waals surface area contributed by atoms with Gasteiger partial charge < -0.3 is 15.0 Å². The van der Waals surface area contributed by atoms with Crippen LogP contribution in [0.5, 0.6) is 5.88 Å². The normalized spacial score (nSPS) is 21.9. The van der Waals surface area contributed by atoms with Crippen LogP contribution in [0.1, 0.15) is 31.4 Å². The average Bonchev–Trinajstić information content (AvgIpc) is 3.32. The van der Waals surface area contributed by atoms with Crippen LogP contribution >= 0.6 is 0 Å². The van der Waals surface area contributed by atoms with Gasteiger partial charge in [-0.3, -0.25) is 0 Å². The second kappa shape index (κ2) is 6.43. The quantitative estimate of drug-likeness (QED) is 0.643. The maximum atomic E-state index is 14.0. The molecule has 9 heteroatoms. The number of ether oxygens (including phenoxy) is 1. The van der Waals surface area contributed by atoms with Gasteiger partial charge in [0.2, 0.25) is 5.88 Å². The van der Waals surface area contributed by atoms with Crippen LogP contribution in [-0.2, 0) is 0 Å². The Kier molecular flexibility index (Phi) is 3.88. The number of hydrogen-bond donors (Lipinski definition) is 1. The number of pyridine rings is 2. The molecule has 5 heterocycles. The lowest BCUT2D eigenvalue weighted by Crippen LogP contribution is -2.39. The standard InChI is InChI=1S/C19H19FN6O2/c1-11-9-28-18-13(7-12(20)8-21-18)15-3-2-6-25(15)16-5-4-14-17(24-16)26(10-22-14)19(27)23-11/h4-5,7-8,10-11,15H,2-3,6,9H2,1H3,(H,23,27)/t11-,15?/m1/s1. The predicted molar refractivity (Wildman–Crippen MR) is 99.9 cm³/mol. The SMILES string of the molecule is C[C@@H]1COc2ncc(F)cc2C2CCCN2c2ccc3ncn(c3n2)C(=O)N1. The molecule has 3 aromatic heterocycles. The number of carbonyl (C=O) groups excluding carboxylic acids is 1. The van der Waals surface area contributed by atoms with Crippen LogP contribution in [-0.4, -0.2) is 44.7 Å². The van der Waals surface area contributed by atoms with Gasteiger partial charge in [0.15, 0.2) is 5.65 Å². The molecule has 28 heavy (non-hydrogen) atoms. The zero-order chi connectivity index (χ0) is 19.3. The fraction of sp³-hybridized carbons (Fsp3) is 0.368. The molecule has 3 aromatic rings. The third-order valence-electron chi connectivity index (χ3n) is 5.19. The first-order chi connectivity index (χ1) is 13.6. The molecule has 1 amide bonds. The van der Waals surface area contributed by atoms with Gasteiger partial charge in [0.25, 0.3) is 0 Å². The zero-order valence-corrected chi connectivity index (χ0v) is 15.3. The Hall–Kier alpha value is -3.23. The molecule has 5 rings (SSSR count). The highest BCUT2D eigenvalue weighted by Crippen LogP contribution is 2.39. The van der Waals surface area contributed by atoms with Gasteiger partial charge in [-0.05, 0) is 38.0 Å². The van der Waals surface area contributed by atoms with E-state index in [0.717, 1.165) is 25.6 Å². The molecule has 1 unspecified atom stereocenters. The molecule has 144 valence electrons. The van der Waals surface area contributed by atoms with Crippen LogP contribution in [0.4, 0.5) is 15.0 Å². The molecule has 2 aliphatic rings. The van der Waals surface area contributed by atoms with E-state index in [-0.39, 0.29) is 24.7 Å². The van der Waals surface area contributed by atoms with Crippen LogP contribution in [0.3, 0.4) is 0 Å². The first kappa shape index (κ1) is 16.9. The Balaban J connectivity index is 1.69. The van der Waals surface area contributed by atoms with Crippen molar-refractivity contribution in [2.24, 2.45) is 0 Å². The second-order valence-corrected chi connectivity index (χ2v) is 7.19. The number of fused-ring (bicyclic) bond motifs is 5. The summed E-state index contributed by atoms with van der Waals surface area (Å²) >= 11 is 0. The van der Waals surface area contributed by atoms with E-state index in [2.05, 4.69) is 20.2 Å². The van der Waals surface area contributed by atoms with Crippen molar-refractivity contribution < 1.29 is 13.9 Å². The summed E-state index contributed by atoms with van der Waals surface area (Å²) in [7, 11) is 0. The number of imidazole rings is 1. The van der Waals surface area contributed by atoms with Gasteiger partial charge in [-0.2, -0.15) is 0 Å². The molecule has 1 saturated heterocycles. The summed E-state index contributed by atoms with van der Waals surface area (Å²) in [6, 6.07) is 4.50. The van der Waals surface area contributed by atoms with Crippen molar-refractivity contribution in [1.82, 2.24) is 24.8 Å². The van der Waals surface area contributed by atoms with Gasteiger partial charge in [-0.15, -0.1) is 0 Å². The van der Waals surface area contributed by atoms with Gasteiger partial charge in [0.1, 0.15) is 30.1 Å². The molecule has 1 N–H and O–H groups in total. The molecular formula is C19H19FN6O2. The Bertz CT molecular complexity index is 1070. The molecule has 0 aliphatic carbocycles. The monoisotopic (exact) mass is 382 g/mol. The van der Waals surface area contributed by atoms with E-state index < -0.39 is 5.82 Å². The van der Waals surface area contributed by atoms with Crippen LogP contribution in [0.2, 0.25) is 0 Å². The Morgan fingerprint density at radius 3 is 3.11 bits per heavy atom. The highest BCUT2D eigenvalue weighted by Gasteiger charge is 2.31. The minimum atomic E-state index is -0.402. The van der Waals surface area contributed by atoms with Crippen molar-refractivity contribution in [3.63, 3.8) is 0 Å². The van der Waals surface area contributed by atoms with Gasteiger partial charge in [0.05, 0.1) is 18.3 Å². The highest BCUT2D eigenvalue weighted by atomic mass is 19.1. The lowest BCUT2D eigenvalue weighted by molar-refractivity contribution is 0.225. The largest absolute Gasteiger partial charge is 0.475 e. The molecule has 8 nitrogen and oxygen atoms in total. The summed E-state index contributed by atoms with van der Waals surface area (Å²) in [6.07, 6.45) is 4.40. The summed E-state index contributed by atoms with van der Waals surface area (Å²) < 4.78 is 21.3. The number of nitrogens with zero attached hydrogens (tertiary/aromatic N) is 5. The molecule has 2 aliphatic heterocycles. The lowest BCUT2D eigenvalue weighted by Gasteiger charge is -2.27. The Morgan fingerprint density at radius 1 is 1.32 bits per heavy atom. The summed E-state index contributed by atoms with van der Waals surface area (Å²) in [5.41, 5.74) is 1.83. The topological polar surface area (TPSA) is 85.2 Å². The Morgan fingerprint density at radius 2 is 2.21 bits per heavy atom. The summed E-state index contributed by atoms with van der Waals surface area (Å²) in [4.78, 5) is 27.9. The molecule has 0 radical (unpaired) electrons. The van der Waals surface area contributed by atoms with E-state index >= 15 is 0 Å². The number of anilines is 1. The molecule has 2 bridgehead atoms. The van der Waals surface area contributed by atoms with E-state index in [0.29, 0.717) is 28.4 Å². The fourth-order valence-corrected chi connectivity index (χ4v) is 3.88. The van der Waals surface area contributed by atoms with E-state index in [1.165, 1.54) is 17.0 Å². The number of aromatic nitrogens is 4. The first-order valence-corrected chi connectivity index (χ1v) is 9.30. The summed E-state index contributed by atoms with van der Waals surface area (Å²) in [6.45, 7) is 2.82.